The zero-order valence-electron chi connectivity index (χ0n) is 9.12. The van der Waals surface area contributed by atoms with Crippen molar-refractivity contribution in [1.29, 1.82) is 5.41 Å². The SMILES string of the molecule is CC(CN(C)c1nc[nH]c(=O)c1Cl)C(=N)N. The minimum absolute atomic E-state index is 0.0424. The number of anilines is 1. The molecule has 0 saturated heterocycles. The molecule has 0 radical (unpaired) electrons. The molecule has 0 amide bonds. The van der Waals surface area contributed by atoms with Crippen LogP contribution in [0, 0.1) is 11.3 Å². The summed E-state index contributed by atoms with van der Waals surface area (Å²) in [6.07, 6.45) is 1.29. The van der Waals surface area contributed by atoms with Gasteiger partial charge in [-0.05, 0) is 0 Å². The van der Waals surface area contributed by atoms with Gasteiger partial charge < -0.3 is 15.6 Å². The summed E-state index contributed by atoms with van der Waals surface area (Å²) in [6, 6.07) is 0. The van der Waals surface area contributed by atoms with E-state index in [4.69, 9.17) is 22.7 Å². The van der Waals surface area contributed by atoms with Crippen molar-refractivity contribution in [1.82, 2.24) is 9.97 Å². The van der Waals surface area contributed by atoms with E-state index in [0.29, 0.717) is 12.4 Å². The molecule has 0 aromatic carbocycles. The Bertz CT molecular complexity index is 444. The molecule has 0 aliphatic heterocycles. The van der Waals surface area contributed by atoms with E-state index in [1.165, 1.54) is 6.33 Å². The molecule has 88 valence electrons. The van der Waals surface area contributed by atoms with Crippen LogP contribution in [0.15, 0.2) is 11.1 Å². The highest BCUT2D eigenvalue weighted by molar-refractivity contribution is 6.32. The van der Waals surface area contributed by atoms with E-state index >= 15 is 0 Å². The lowest BCUT2D eigenvalue weighted by Gasteiger charge is -2.22. The molecule has 1 aromatic heterocycles. The van der Waals surface area contributed by atoms with Gasteiger partial charge in [0.2, 0.25) is 0 Å². The van der Waals surface area contributed by atoms with Gasteiger partial charge in [-0.15, -0.1) is 0 Å². The molecule has 16 heavy (non-hydrogen) atoms. The Balaban J connectivity index is 2.89. The Morgan fingerprint density at radius 3 is 3.00 bits per heavy atom. The first-order valence-electron chi connectivity index (χ1n) is 4.71. The van der Waals surface area contributed by atoms with Crippen LogP contribution < -0.4 is 16.2 Å². The summed E-state index contributed by atoms with van der Waals surface area (Å²) in [5, 5.41) is 7.32. The highest BCUT2D eigenvalue weighted by Gasteiger charge is 2.14. The van der Waals surface area contributed by atoms with Crippen molar-refractivity contribution in [3.63, 3.8) is 0 Å². The average Bonchev–Trinajstić information content (AvgIpc) is 2.21. The van der Waals surface area contributed by atoms with Crippen LogP contribution in [-0.4, -0.2) is 29.4 Å². The van der Waals surface area contributed by atoms with E-state index < -0.39 is 0 Å². The van der Waals surface area contributed by atoms with Gasteiger partial charge in [0.1, 0.15) is 5.02 Å². The number of hydrogen-bond donors (Lipinski definition) is 3. The van der Waals surface area contributed by atoms with Crippen LogP contribution in [0.4, 0.5) is 5.82 Å². The monoisotopic (exact) mass is 243 g/mol. The summed E-state index contributed by atoms with van der Waals surface area (Å²) >= 11 is 5.82. The van der Waals surface area contributed by atoms with E-state index in [9.17, 15) is 4.79 Å². The maximum absolute atomic E-state index is 11.2. The first-order chi connectivity index (χ1) is 7.43. The van der Waals surface area contributed by atoms with Gasteiger partial charge in [0, 0.05) is 19.5 Å². The molecule has 7 heteroatoms. The lowest BCUT2D eigenvalue weighted by atomic mass is 10.1. The topological polar surface area (TPSA) is 98.9 Å². The van der Waals surface area contributed by atoms with E-state index in [1.807, 2.05) is 6.92 Å². The van der Waals surface area contributed by atoms with Crippen LogP contribution in [0.3, 0.4) is 0 Å². The average molecular weight is 244 g/mol. The van der Waals surface area contributed by atoms with Crippen LogP contribution in [0.5, 0.6) is 0 Å². The molecular formula is C9H14ClN5O. The predicted molar refractivity (Wildman–Crippen MR) is 64.2 cm³/mol. The van der Waals surface area contributed by atoms with Gasteiger partial charge in [0.25, 0.3) is 5.56 Å². The maximum atomic E-state index is 11.2. The zero-order valence-corrected chi connectivity index (χ0v) is 9.88. The zero-order chi connectivity index (χ0) is 12.3. The summed E-state index contributed by atoms with van der Waals surface area (Å²) < 4.78 is 0. The molecule has 0 aliphatic carbocycles. The third kappa shape index (κ3) is 2.73. The second-order valence-electron chi connectivity index (χ2n) is 3.61. The molecule has 0 aliphatic rings. The Kier molecular flexibility index (Phi) is 3.89. The summed E-state index contributed by atoms with van der Waals surface area (Å²) in [4.78, 5) is 19.3. The fourth-order valence-corrected chi connectivity index (χ4v) is 1.48. The fraction of sp³-hybridized carbons (Fsp3) is 0.444. The maximum Gasteiger partial charge on any atom is 0.271 e. The standard InChI is InChI=1S/C9H14ClN5O/c1-5(7(11)12)3-15(2)8-6(10)9(16)14-4-13-8/h4-5H,3H2,1-2H3,(H3,11,12)(H,13,14,16). The number of nitrogens with two attached hydrogens (primary N) is 1. The molecule has 0 spiro atoms. The van der Waals surface area contributed by atoms with Crippen molar-refractivity contribution in [2.75, 3.05) is 18.5 Å². The van der Waals surface area contributed by atoms with E-state index in [1.54, 1.807) is 11.9 Å². The van der Waals surface area contributed by atoms with E-state index in [0.717, 1.165) is 0 Å². The fourth-order valence-electron chi connectivity index (χ4n) is 1.24. The second kappa shape index (κ2) is 4.98. The number of nitrogens with one attached hydrogen (secondary N) is 2. The number of halogens is 1. The third-order valence-electron chi connectivity index (χ3n) is 2.22. The van der Waals surface area contributed by atoms with Gasteiger partial charge in [-0.1, -0.05) is 18.5 Å². The predicted octanol–water partition coefficient (Wildman–Crippen LogP) is 0.432. The van der Waals surface area contributed by atoms with Gasteiger partial charge in [-0.25, -0.2) is 4.98 Å². The molecule has 1 rings (SSSR count). The normalized spacial score (nSPS) is 12.2. The number of rotatable bonds is 4. The van der Waals surface area contributed by atoms with Crippen LogP contribution in [-0.2, 0) is 0 Å². The molecule has 1 heterocycles. The quantitative estimate of drug-likeness (QED) is 0.528. The molecule has 1 atom stereocenters. The molecule has 0 fully saturated rings. The first kappa shape index (κ1) is 12.5. The molecule has 0 bridgehead atoms. The largest absolute Gasteiger partial charge is 0.387 e. The van der Waals surface area contributed by atoms with Gasteiger partial charge in [-0.3, -0.25) is 10.2 Å². The lowest BCUT2D eigenvalue weighted by molar-refractivity contribution is 0.721. The Morgan fingerprint density at radius 2 is 2.44 bits per heavy atom. The lowest BCUT2D eigenvalue weighted by Crippen LogP contribution is -2.33. The highest BCUT2D eigenvalue weighted by Crippen LogP contribution is 2.17. The van der Waals surface area contributed by atoms with Crippen LogP contribution >= 0.6 is 11.6 Å². The van der Waals surface area contributed by atoms with Gasteiger partial charge in [-0.2, -0.15) is 0 Å². The molecule has 1 unspecified atom stereocenters. The summed E-state index contributed by atoms with van der Waals surface area (Å²) in [7, 11) is 1.74. The Labute approximate surface area is 97.9 Å². The summed E-state index contributed by atoms with van der Waals surface area (Å²) in [6.45, 7) is 2.30. The van der Waals surface area contributed by atoms with Crippen LogP contribution in [0.2, 0.25) is 5.02 Å². The Morgan fingerprint density at radius 1 is 1.81 bits per heavy atom. The first-order valence-corrected chi connectivity index (χ1v) is 5.09. The second-order valence-corrected chi connectivity index (χ2v) is 3.98. The third-order valence-corrected chi connectivity index (χ3v) is 2.56. The molecule has 1 aromatic rings. The number of H-pyrrole nitrogens is 1. The van der Waals surface area contributed by atoms with Crippen molar-refractivity contribution in [3.05, 3.63) is 21.7 Å². The smallest absolute Gasteiger partial charge is 0.271 e. The van der Waals surface area contributed by atoms with Crippen molar-refractivity contribution in [2.24, 2.45) is 11.7 Å². The minimum atomic E-state index is -0.381. The summed E-state index contributed by atoms with van der Waals surface area (Å²) in [5.41, 5.74) is 4.99. The number of aromatic nitrogens is 2. The molecular weight excluding hydrogens is 230 g/mol. The number of aromatic amines is 1. The van der Waals surface area contributed by atoms with E-state index in [-0.39, 0.29) is 22.3 Å². The van der Waals surface area contributed by atoms with Crippen molar-refractivity contribution in [3.8, 4) is 0 Å². The minimum Gasteiger partial charge on any atom is -0.387 e. The number of amidine groups is 1. The van der Waals surface area contributed by atoms with Crippen LogP contribution in [0.25, 0.3) is 0 Å². The number of nitrogens with zero attached hydrogens (tertiary/aromatic N) is 2. The summed E-state index contributed by atoms with van der Waals surface area (Å²) in [5.74, 6) is 0.355. The van der Waals surface area contributed by atoms with Crippen molar-refractivity contribution in [2.45, 2.75) is 6.92 Å². The van der Waals surface area contributed by atoms with Crippen LogP contribution in [0.1, 0.15) is 6.92 Å². The van der Waals surface area contributed by atoms with Gasteiger partial charge >= 0.3 is 0 Å². The van der Waals surface area contributed by atoms with E-state index in [2.05, 4.69) is 9.97 Å². The van der Waals surface area contributed by atoms with Gasteiger partial charge in [0.15, 0.2) is 5.82 Å². The Hall–Kier alpha value is -1.56. The number of hydrogen-bond acceptors (Lipinski definition) is 4. The van der Waals surface area contributed by atoms with Crippen molar-refractivity contribution < 1.29 is 0 Å². The molecule has 4 N–H and O–H groups in total. The molecule has 6 nitrogen and oxygen atoms in total. The highest BCUT2D eigenvalue weighted by atomic mass is 35.5. The van der Waals surface area contributed by atoms with Gasteiger partial charge in [0.05, 0.1) is 12.2 Å². The van der Waals surface area contributed by atoms with Crippen molar-refractivity contribution >= 4 is 23.3 Å². The molecule has 0 saturated carbocycles.